The van der Waals surface area contributed by atoms with Gasteiger partial charge < -0.3 is 19.7 Å². The maximum absolute atomic E-state index is 12.9. The summed E-state index contributed by atoms with van der Waals surface area (Å²) in [6, 6.07) is 6.98. The van der Waals surface area contributed by atoms with Crippen molar-refractivity contribution in [2.75, 3.05) is 26.3 Å². The summed E-state index contributed by atoms with van der Waals surface area (Å²) in [6.07, 6.45) is 0.536. The van der Waals surface area contributed by atoms with Crippen molar-refractivity contribution >= 4 is 28.5 Å². The maximum atomic E-state index is 12.9. The van der Waals surface area contributed by atoms with Crippen molar-refractivity contribution in [2.45, 2.75) is 19.9 Å². The average molecular weight is 417 g/mol. The van der Waals surface area contributed by atoms with Gasteiger partial charge in [-0.25, -0.2) is 4.68 Å². The Morgan fingerprint density at radius 3 is 2.79 bits per heavy atom. The average Bonchev–Trinajstić information content (AvgIpc) is 3.08. The first-order valence-corrected chi connectivity index (χ1v) is 9.84. The topological polar surface area (TPSA) is 100 Å². The van der Waals surface area contributed by atoms with Crippen LogP contribution >= 0.6 is 11.6 Å². The number of aryl methyl sites for hydroxylation is 1. The molecule has 29 heavy (non-hydrogen) atoms. The molecule has 0 saturated carbocycles. The van der Waals surface area contributed by atoms with Gasteiger partial charge in [0.25, 0.3) is 0 Å². The van der Waals surface area contributed by atoms with Crippen LogP contribution in [-0.2, 0) is 22.5 Å². The minimum Gasteiger partial charge on any atom is -0.503 e. The zero-order valence-corrected chi connectivity index (χ0v) is 16.7. The van der Waals surface area contributed by atoms with E-state index in [4.69, 9.17) is 16.3 Å². The number of carbonyl (C=O) groups excluding carboxylic acids is 1. The molecule has 152 valence electrons. The highest BCUT2D eigenvalue weighted by molar-refractivity contribution is 6.33. The highest BCUT2D eigenvalue weighted by Crippen LogP contribution is 2.32. The Balaban J connectivity index is 1.80. The Bertz CT molecular complexity index is 1140. The summed E-state index contributed by atoms with van der Waals surface area (Å²) in [6.45, 7) is 3.88. The minimum atomic E-state index is -0.487. The van der Waals surface area contributed by atoms with E-state index in [-0.39, 0.29) is 24.0 Å². The van der Waals surface area contributed by atoms with Crippen LogP contribution in [0.2, 0.25) is 5.02 Å². The lowest BCUT2D eigenvalue weighted by molar-refractivity contribution is -0.142. The van der Waals surface area contributed by atoms with Crippen LogP contribution in [-0.4, -0.2) is 57.0 Å². The Morgan fingerprint density at radius 1 is 1.28 bits per heavy atom. The van der Waals surface area contributed by atoms with Gasteiger partial charge >= 0.3 is 0 Å². The molecule has 3 heterocycles. The van der Waals surface area contributed by atoms with Crippen molar-refractivity contribution < 1.29 is 14.6 Å². The van der Waals surface area contributed by atoms with Crippen molar-refractivity contribution in [3.05, 3.63) is 45.2 Å². The zero-order chi connectivity index (χ0) is 20.5. The van der Waals surface area contributed by atoms with Crippen LogP contribution in [0.15, 0.2) is 29.1 Å². The molecule has 3 aromatic rings. The molecule has 0 bridgehead atoms. The Hall–Kier alpha value is -2.84. The normalized spacial score (nSPS) is 14.7. The number of hydrogen-bond acceptors (Lipinski definition) is 5. The highest BCUT2D eigenvalue weighted by atomic mass is 35.5. The highest BCUT2D eigenvalue weighted by Gasteiger charge is 2.22. The molecule has 9 heteroatoms. The van der Waals surface area contributed by atoms with Gasteiger partial charge in [0.15, 0.2) is 5.75 Å². The molecule has 0 aliphatic carbocycles. The molecule has 1 aromatic carbocycles. The summed E-state index contributed by atoms with van der Waals surface area (Å²) in [7, 11) is 0. The van der Waals surface area contributed by atoms with Gasteiger partial charge in [-0.3, -0.25) is 9.59 Å². The number of benzene rings is 1. The molecule has 0 unspecified atom stereocenters. The number of nitrogens with zero attached hydrogens (tertiary/aromatic N) is 3. The second-order valence-corrected chi connectivity index (χ2v) is 7.25. The third kappa shape index (κ3) is 3.49. The molecule has 8 nitrogen and oxygen atoms in total. The van der Waals surface area contributed by atoms with Crippen LogP contribution < -0.4 is 5.43 Å². The number of hydrogen-bond donors (Lipinski definition) is 2. The second kappa shape index (κ2) is 7.88. The van der Waals surface area contributed by atoms with Crippen LogP contribution in [0, 0.1) is 0 Å². The van der Waals surface area contributed by atoms with Gasteiger partial charge in [0.1, 0.15) is 12.3 Å². The van der Waals surface area contributed by atoms with Crippen molar-refractivity contribution in [1.29, 1.82) is 0 Å². The van der Waals surface area contributed by atoms with Crippen LogP contribution in [0.4, 0.5) is 0 Å². The van der Waals surface area contributed by atoms with E-state index in [1.807, 2.05) is 6.92 Å². The first kappa shape index (κ1) is 19.5. The monoisotopic (exact) mass is 416 g/mol. The molecule has 1 aliphatic rings. The largest absolute Gasteiger partial charge is 0.503 e. The predicted octanol–water partition coefficient (Wildman–Crippen LogP) is 2.17. The Labute approximate surface area is 171 Å². The second-order valence-electron chi connectivity index (χ2n) is 6.84. The van der Waals surface area contributed by atoms with Gasteiger partial charge in [0.2, 0.25) is 11.3 Å². The summed E-state index contributed by atoms with van der Waals surface area (Å²) < 4.78 is 6.84. The van der Waals surface area contributed by atoms with Crippen LogP contribution in [0.3, 0.4) is 0 Å². The third-order valence-corrected chi connectivity index (χ3v) is 5.42. The van der Waals surface area contributed by atoms with Crippen LogP contribution in [0.5, 0.6) is 5.75 Å². The quantitative estimate of drug-likeness (QED) is 0.664. The molecule has 1 saturated heterocycles. The molecule has 0 atom stereocenters. The van der Waals surface area contributed by atoms with Crippen molar-refractivity contribution in [2.24, 2.45) is 0 Å². The summed E-state index contributed by atoms with van der Waals surface area (Å²) in [5.41, 5.74) is 1.38. The number of amides is 1. The smallest absolute Gasteiger partial charge is 0.248 e. The van der Waals surface area contributed by atoms with E-state index in [0.29, 0.717) is 60.0 Å². The van der Waals surface area contributed by atoms with E-state index >= 15 is 0 Å². The number of aromatic nitrogens is 3. The van der Waals surface area contributed by atoms with E-state index in [2.05, 4.69) is 10.1 Å². The molecule has 1 amide bonds. The fourth-order valence-corrected chi connectivity index (χ4v) is 3.79. The molecule has 2 aromatic heterocycles. The van der Waals surface area contributed by atoms with Crippen molar-refractivity contribution in [1.82, 2.24) is 19.7 Å². The van der Waals surface area contributed by atoms with Gasteiger partial charge in [-0.05, 0) is 12.5 Å². The number of pyridine rings is 1. The number of morpholine rings is 1. The van der Waals surface area contributed by atoms with E-state index in [0.717, 1.165) is 0 Å². The fourth-order valence-electron chi connectivity index (χ4n) is 3.56. The summed E-state index contributed by atoms with van der Waals surface area (Å²) in [4.78, 5) is 29.8. The lowest BCUT2D eigenvalue weighted by Crippen LogP contribution is -2.43. The first-order chi connectivity index (χ1) is 14.0. The molecular formula is C20H21ClN4O4. The van der Waals surface area contributed by atoms with Crippen LogP contribution in [0.25, 0.3) is 22.3 Å². The number of H-pyrrole nitrogens is 1. The Morgan fingerprint density at radius 2 is 2.07 bits per heavy atom. The van der Waals surface area contributed by atoms with Gasteiger partial charge in [-0.1, -0.05) is 36.7 Å². The zero-order valence-electron chi connectivity index (χ0n) is 15.9. The number of rotatable bonds is 5. The number of nitrogens with one attached hydrogen (secondary N) is 1. The number of aromatic hydroxyl groups is 1. The minimum absolute atomic E-state index is 0.0636. The lowest BCUT2D eigenvalue weighted by Gasteiger charge is -2.26. The van der Waals surface area contributed by atoms with Gasteiger partial charge in [0.05, 0.1) is 34.9 Å². The number of halogens is 1. The molecule has 2 N–H and O–H groups in total. The summed E-state index contributed by atoms with van der Waals surface area (Å²) in [5.74, 6) is -0.450. The maximum Gasteiger partial charge on any atom is 0.248 e. The molecule has 1 aliphatic heterocycles. The fraction of sp³-hybridized carbons (Fsp3) is 0.350. The summed E-state index contributed by atoms with van der Waals surface area (Å²) >= 11 is 6.27. The van der Waals surface area contributed by atoms with Gasteiger partial charge in [0, 0.05) is 18.7 Å². The van der Waals surface area contributed by atoms with Gasteiger partial charge in [-0.15, -0.1) is 0 Å². The number of aromatic amines is 1. The van der Waals surface area contributed by atoms with E-state index in [1.165, 1.54) is 0 Å². The van der Waals surface area contributed by atoms with Crippen molar-refractivity contribution in [3.63, 3.8) is 0 Å². The SMILES string of the molecule is CCc1nn(CCN2CCOCC2=O)c2[nH]c(-c3ccccc3Cl)c(O)c(=O)c12. The third-order valence-electron chi connectivity index (χ3n) is 5.09. The van der Waals surface area contributed by atoms with E-state index in [1.54, 1.807) is 33.8 Å². The molecular weight excluding hydrogens is 396 g/mol. The number of ether oxygens (including phenoxy) is 1. The van der Waals surface area contributed by atoms with Gasteiger partial charge in [-0.2, -0.15) is 5.10 Å². The predicted molar refractivity (Wildman–Crippen MR) is 109 cm³/mol. The summed E-state index contributed by atoms with van der Waals surface area (Å²) in [5, 5.41) is 15.9. The molecule has 1 fully saturated rings. The Kier molecular flexibility index (Phi) is 5.29. The standard InChI is InChI=1S/C20H21ClN4O4/c1-2-14-16-18(27)19(28)17(12-5-3-4-6-13(12)21)22-20(16)25(23-14)8-7-24-9-10-29-11-15(24)26/h3-6,28H,2,7-11H2,1H3,(H,22,27). The molecule has 4 rings (SSSR count). The van der Waals surface area contributed by atoms with Crippen LogP contribution in [0.1, 0.15) is 12.6 Å². The lowest BCUT2D eigenvalue weighted by atomic mass is 10.1. The number of fused-ring (bicyclic) bond motifs is 1. The van der Waals surface area contributed by atoms with E-state index < -0.39 is 5.43 Å². The van der Waals surface area contributed by atoms with Crippen molar-refractivity contribution in [3.8, 4) is 17.0 Å². The molecule has 0 radical (unpaired) electrons. The molecule has 0 spiro atoms. The van der Waals surface area contributed by atoms with E-state index in [9.17, 15) is 14.7 Å². The first-order valence-electron chi connectivity index (χ1n) is 9.46. The number of carbonyl (C=O) groups is 1.